The van der Waals surface area contributed by atoms with Gasteiger partial charge in [-0.2, -0.15) is 13.2 Å². The van der Waals surface area contributed by atoms with E-state index in [0.29, 0.717) is 23.4 Å². The van der Waals surface area contributed by atoms with Crippen molar-refractivity contribution in [3.05, 3.63) is 53.1 Å². The summed E-state index contributed by atoms with van der Waals surface area (Å²) in [5.41, 5.74) is 3.29. The number of benzene rings is 2. The fourth-order valence-corrected chi connectivity index (χ4v) is 4.80. The van der Waals surface area contributed by atoms with Crippen LogP contribution >= 0.6 is 0 Å². The predicted molar refractivity (Wildman–Crippen MR) is 130 cm³/mol. The van der Waals surface area contributed by atoms with Crippen molar-refractivity contribution in [2.24, 2.45) is 0 Å². The van der Waals surface area contributed by atoms with Gasteiger partial charge in [-0.15, -0.1) is 0 Å². The van der Waals surface area contributed by atoms with Crippen molar-refractivity contribution in [3.8, 4) is 0 Å². The number of rotatable bonds is 6. The molecule has 1 heterocycles. The van der Waals surface area contributed by atoms with Crippen molar-refractivity contribution in [1.82, 2.24) is 10.6 Å². The van der Waals surface area contributed by atoms with Gasteiger partial charge in [0.05, 0.1) is 16.3 Å². The monoisotopic (exact) mass is 530 g/mol. The molecule has 2 aromatic rings. The van der Waals surface area contributed by atoms with Crippen LogP contribution in [0, 0.1) is 13.8 Å². The first-order chi connectivity index (χ1) is 16.8. The Labute approximate surface area is 207 Å². The van der Waals surface area contributed by atoms with Crippen LogP contribution in [0.1, 0.15) is 28.4 Å². The minimum absolute atomic E-state index is 0.230. The number of carbonyl (C=O) groups is 2. The Kier molecular flexibility index (Phi) is 9.70. The van der Waals surface area contributed by atoms with Gasteiger partial charge < -0.3 is 20.6 Å². The van der Waals surface area contributed by atoms with Gasteiger partial charge in [0, 0.05) is 38.3 Å². The Morgan fingerprint density at radius 3 is 2.22 bits per heavy atom. The van der Waals surface area contributed by atoms with Crippen molar-refractivity contribution in [3.63, 3.8) is 0 Å². The van der Waals surface area contributed by atoms with Gasteiger partial charge in [-0.05, 0) is 50.6 Å². The molecule has 1 saturated heterocycles. The van der Waals surface area contributed by atoms with E-state index in [0.717, 1.165) is 37.4 Å². The van der Waals surface area contributed by atoms with Gasteiger partial charge in [-0.25, -0.2) is 13.2 Å². The van der Waals surface area contributed by atoms with Crippen molar-refractivity contribution < 1.29 is 36.3 Å². The molecule has 0 atom stereocenters. The molecule has 4 N–H and O–H groups in total. The number of nitrogens with one attached hydrogen (secondary N) is 3. The van der Waals surface area contributed by atoms with E-state index in [2.05, 4.69) is 20.3 Å². The molecule has 198 valence electrons. The normalized spacial score (nSPS) is 13.9. The number of piperazine rings is 1. The number of carboxylic acids is 1. The number of carboxylic acid groups (broad SMARTS) is 1. The third kappa shape index (κ3) is 7.85. The summed E-state index contributed by atoms with van der Waals surface area (Å²) < 4.78 is 60.7. The van der Waals surface area contributed by atoms with Gasteiger partial charge in [0.25, 0.3) is 15.9 Å². The Hall–Kier alpha value is -3.32. The topological polar surface area (TPSA) is 128 Å². The van der Waals surface area contributed by atoms with E-state index in [4.69, 9.17) is 9.90 Å². The second kappa shape index (κ2) is 12.1. The van der Waals surface area contributed by atoms with Crippen LogP contribution in [0.3, 0.4) is 0 Å². The zero-order valence-corrected chi connectivity index (χ0v) is 20.9. The highest BCUT2D eigenvalue weighted by Gasteiger charge is 2.38. The van der Waals surface area contributed by atoms with Crippen LogP contribution in [0.5, 0.6) is 0 Å². The molecule has 3 rings (SSSR count). The van der Waals surface area contributed by atoms with Crippen LogP contribution in [0.4, 0.5) is 24.5 Å². The SMILES string of the molecule is CCNC(=O)c1ccc(N2CCNCC2)c(NS(=O)(=O)c2ccc(C)cc2C)c1.O=C(O)C(F)(F)F. The largest absolute Gasteiger partial charge is 0.490 e. The Bertz CT molecular complexity index is 1200. The summed E-state index contributed by atoms with van der Waals surface area (Å²) in [7, 11) is -3.80. The third-order valence-corrected chi connectivity index (χ3v) is 6.69. The molecule has 13 heteroatoms. The van der Waals surface area contributed by atoms with Gasteiger partial charge in [-0.3, -0.25) is 9.52 Å². The van der Waals surface area contributed by atoms with E-state index in [1.54, 1.807) is 31.2 Å². The number of halogens is 3. The molecule has 0 radical (unpaired) electrons. The zero-order chi connectivity index (χ0) is 27.1. The van der Waals surface area contributed by atoms with Crippen molar-refractivity contribution in [2.75, 3.05) is 42.3 Å². The van der Waals surface area contributed by atoms with Gasteiger partial charge >= 0.3 is 12.1 Å². The molecule has 2 aromatic carbocycles. The van der Waals surface area contributed by atoms with E-state index >= 15 is 0 Å². The molecule has 1 fully saturated rings. The Morgan fingerprint density at radius 2 is 1.69 bits per heavy atom. The molecule has 36 heavy (non-hydrogen) atoms. The third-order valence-electron chi connectivity index (χ3n) is 5.16. The van der Waals surface area contributed by atoms with Gasteiger partial charge in [0.2, 0.25) is 0 Å². The van der Waals surface area contributed by atoms with Crippen LogP contribution in [-0.2, 0) is 14.8 Å². The number of aryl methyl sites for hydroxylation is 2. The van der Waals surface area contributed by atoms with Crippen molar-refractivity contribution in [2.45, 2.75) is 31.8 Å². The number of amides is 1. The van der Waals surface area contributed by atoms with Gasteiger partial charge in [0.1, 0.15) is 0 Å². The highest BCUT2D eigenvalue weighted by molar-refractivity contribution is 7.92. The van der Waals surface area contributed by atoms with E-state index in [9.17, 15) is 26.4 Å². The fourth-order valence-electron chi connectivity index (χ4n) is 3.50. The fraction of sp³-hybridized carbons (Fsp3) is 0.391. The summed E-state index contributed by atoms with van der Waals surface area (Å²) in [5.74, 6) is -2.99. The number of aliphatic carboxylic acids is 1. The summed E-state index contributed by atoms with van der Waals surface area (Å²) >= 11 is 0. The molecule has 0 unspecified atom stereocenters. The number of hydrogen-bond donors (Lipinski definition) is 4. The van der Waals surface area contributed by atoms with Gasteiger partial charge in [-0.1, -0.05) is 17.7 Å². The molecule has 0 bridgehead atoms. The average Bonchev–Trinajstić information content (AvgIpc) is 2.79. The standard InChI is InChI=1S/C21H28N4O3S.C2HF3O2/c1-4-23-21(26)17-6-7-19(25-11-9-22-10-12-25)18(14-17)24-29(27,28)20-8-5-15(2)13-16(20)3;3-2(4,5)1(6)7/h5-8,13-14,22,24H,4,9-12H2,1-3H3,(H,23,26);(H,6,7). The number of anilines is 2. The highest BCUT2D eigenvalue weighted by Crippen LogP contribution is 2.30. The quantitative estimate of drug-likeness (QED) is 0.452. The number of hydrogen-bond acceptors (Lipinski definition) is 6. The van der Waals surface area contributed by atoms with Crippen LogP contribution in [0.25, 0.3) is 0 Å². The first kappa shape index (κ1) is 28.9. The van der Waals surface area contributed by atoms with Crippen LogP contribution < -0.4 is 20.3 Å². The first-order valence-electron chi connectivity index (χ1n) is 11.0. The Morgan fingerprint density at radius 1 is 1.08 bits per heavy atom. The number of alkyl halides is 3. The summed E-state index contributed by atoms with van der Waals surface area (Å²) in [6.07, 6.45) is -5.08. The zero-order valence-electron chi connectivity index (χ0n) is 20.1. The second-order valence-electron chi connectivity index (χ2n) is 8.01. The molecule has 0 saturated carbocycles. The lowest BCUT2D eigenvalue weighted by atomic mass is 10.1. The molecule has 1 aliphatic rings. The maximum absolute atomic E-state index is 13.1. The minimum atomic E-state index is -5.08. The van der Waals surface area contributed by atoms with E-state index in [1.165, 1.54) is 0 Å². The highest BCUT2D eigenvalue weighted by atomic mass is 32.2. The summed E-state index contributed by atoms with van der Waals surface area (Å²) in [4.78, 5) is 23.6. The Balaban J connectivity index is 0.000000572. The lowest BCUT2D eigenvalue weighted by Gasteiger charge is -2.31. The van der Waals surface area contributed by atoms with E-state index in [1.807, 2.05) is 26.0 Å². The number of nitrogens with zero attached hydrogens (tertiary/aromatic N) is 1. The van der Waals surface area contributed by atoms with Gasteiger partial charge in [0.15, 0.2) is 0 Å². The van der Waals surface area contributed by atoms with Crippen LogP contribution in [-0.4, -0.2) is 64.3 Å². The maximum Gasteiger partial charge on any atom is 0.490 e. The number of sulfonamides is 1. The maximum atomic E-state index is 13.1. The summed E-state index contributed by atoms with van der Waals surface area (Å²) in [5, 5.41) is 13.2. The lowest BCUT2D eigenvalue weighted by molar-refractivity contribution is -0.192. The predicted octanol–water partition coefficient (Wildman–Crippen LogP) is 2.90. The number of carbonyl (C=O) groups excluding carboxylic acids is 1. The first-order valence-corrected chi connectivity index (χ1v) is 12.5. The van der Waals surface area contributed by atoms with Crippen LogP contribution in [0.2, 0.25) is 0 Å². The molecule has 0 spiro atoms. The molecule has 0 aromatic heterocycles. The average molecular weight is 531 g/mol. The molecule has 1 amide bonds. The van der Waals surface area contributed by atoms with E-state index < -0.39 is 22.2 Å². The molecule has 0 aliphatic carbocycles. The summed E-state index contributed by atoms with van der Waals surface area (Å²) in [6, 6.07) is 10.4. The molecular weight excluding hydrogens is 501 g/mol. The molecule has 1 aliphatic heterocycles. The molecular formula is C23H29F3N4O5S. The molecule has 9 nitrogen and oxygen atoms in total. The van der Waals surface area contributed by atoms with E-state index in [-0.39, 0.29) is 10.8 Å². The summed E-state index contributed by atoms with van der Waals surface area (Å²) in [6.45, 7) is 9.22. The lowest BCUT2D eigenvalue weighted by Crippen LogP contribution is -2.43. The van der Waals surface area contributed by atoms with Crippen LogP contribution in [0.15, 0.2) is 41.3 Å². The minimum Gasteiger partial charge on any atom is -0.475 e. The smallest absolute Gasteiger partial charge is 0.475 e. The van der Waals surface area contributed by atoms with Crippen molar-refractivity contribution in [1.29, 1.82) is 0 Å². The van der Waals surface area contributed by atoms with Crippen molar-refractivity contribution >= 4 is 33.3 Å². The second-order valence-corrected chi connectivity index (χ2v) is 9.66.